The van der Waals surface area contributed by atoms with E-state index >= 15 is 0 Å². The summed E-state index contributed by atoms with van der Waals surface area (Å²) in [6.07, 6.45) is 0. The molecule has 0 aliphatic heterocycles. The zero-order chi connectivity index (χ0) is 23.4. The lowest BCUT2D eigenvalue weighted by molar-refractivity contribution is -0.385. The van der Waals surface area contributed by atoms with Crippen molar-refractivity contribution in [2.45, 2.75) is 5.16 Å². The number of nitrogens with zero attached hydrogens (tertiary/aromatic N) is 5. The van der Waals surface area contributed by atoms with Crippen LogP contribution < -0.4 is 0 Å². The Balaban J connectivity index is 1.62. The van der Waals surface area contributed by atoms with Gasteiger partial charge in [0, 0.05) is 41.1 Å². The second-order valence-corrected chi connectivity index (χ2v) is 7.74. The van der Waals surface area contributed by atoms with Crippen LogP contribution in [0.3, 0.4) is 0 Å². The number of hydrogen-bond acceptors (Lipinski definition) is 8. The van der Waals surface area contributed by atoms with Gasteiger partial charge in [-0.1, -0.05) is 30.0 Å². The maximum absolute atomic E-state index is 12.6. The van der Waals surface area contributed by atoms with E-state index in [4.69, 9.17) is 0 Å². The van der Waals surface area contributed by atoms with Gasteiger partial charge in [0.15, 0.2) is 16.8 Å². The number of non-ortho nitro benzene ring substituents is 2. The molecule has 0 saturated heterocycles. The number of carbonyl (C=O) groups is 1. The van der Waals surface area contributed by atoms with Crippen LogP contribution in [0.4, 0.5) is 11.4 Å². The molecule has 0 unspecified atom stereocenters. The second-order valence-electron chi connectivity index (χ2n) is 6.80. The molecule has 0 atom stereocenters. The molecule has 0 fully saturated rings. The lowest BCUT2D eigenvalue weighted by Crippen LogP contribution is -2.05. The Bertz CT molecular complexity index is 1320. The van der Waals surface area contributed by atoms with E-state index in [1.165, 1.54) is 48.2 Å². The summed E-state index contributed by atoms with van der Waals surface area (Å²) in [6, 6.07) is 20.7. The number of ketones is 1. The van der Waals surface area contributed by atoms with E-state index < -0.39 is 9.85 Å². The summed E-state index contributed by atoms with van der Waals surface area (Å²) in [5.74, 6) is 0.305. The third-order valence-corrected chi connectivity index (χ3v) is 5.65. The molecule has 0 amide bonds. The number of nitro groups is 2. The maximum Gasteiger partial charge on any atom is 0.269 e. The summed E-state index contributed by atoms with van der Waals surface area (Å²) < 4.78 is 1.77. The number of para-hydroxylation sites is 1. The lowest BCUT2D eigenvalue weighted by Gasteiger charge is -2.10. The van der Waals surface area contributed by atoms with Gasteiger partial charge in [0.25, 0.3) is 11.4 Å². The van der Waals surface area contributed by atoms with Crippen LogP contribution in [-0.4, -0.2) is 36.1 Å². The number of benzene rings is 3. The molecule has 4 rings (SSSR count). The number of aromatic nitrogens is 3. The van der Waals surface area contributed by atoms with E-state index in [2.05, 4.69) is 10.2 Å². The van der Waals surface area contributed by atoms with E-state index in [0.717, 1.165) is 5.69 Å². The third kappa shape index (κ3) is 4.77. The molecule has 4 aromatic rings. The second kappa shape index (κ2) is 9.40. The highest BCUT2D eigenvalue weighted by molar-refractivity contribution is 7.99. The van der Waals surface area contributed by atoms with Crippen LogP contribution in [0, 0.1) is 20.2 Å². The van der Waals surface area contributed by atoms with Gasteiger partial charge in [-0.3, -0.25) is 29.6 Å². The van der Waals surface area contributed by atoms with Crippen molar-refractivity contribution in [1.82, 2.24) is 14.8 Å². The van der Waals surface area contributed by atoms with E-state index in [0.29, 0.717) is 22.1 Å². The minimum absolute atomic E-state index is 0.0344. The Morgan fingerprint density at radius 3 is 1.97 bits per heavy atom. The molecule has 1 aromatic heterocycles. The van der Waals surface area contributed by atoms with Crippen molar-refractivity contribution >= 4 is 28.9 Å². The number of thioether (sulfide) groups is 1. The van der Waals surface area contributed by atoms with Gasteiger partial charge >= 0.3 is 0 Å². The zero-order valence-electron chi connectivity index (χ0n) is 16.9. The van der Waals surface area contributed by atoms with Crippen LogP contribution in [0.2, 0.25) is 0 Å². The zero-order valence-corrected chi connectivity index (χ0v) is 17.7. The lowest BCUT2D eigenvalue weighted by atomic mass is 10.1. The number of nitro benzene ring substituents is 2. The van der Waals surface area contributed by atoms with Gasteiger partial charge in [-0.15, -0.1) is 10.2 Å². The molecule has 10 nitrogen and oxygen atoms in total. The molecule has 11 heteroatoms. The number of Topliss-reactive ketones (excluding diaryl/α,β-unsaturated/α-hetero) is 1. The van der Waals surface area contributed by atoms with Crippen LogP contribution in [0.25, 0.3) is 17.1 Å². The molecule has 33 heavy (non-hydrogen) atoms. The first kappa shape index (κ1) is 21.8. The topological polar surface area (TPSA) is 134 Å². The molecular weight excluding hydrogens is 446 g/mol. The maximum atomic E-state index is 12.6. The Morgan fingerprint density at radius 1 is 0.818 bits per heavy atom. The summed E-state index contributed by atoms with van der Waals surface area (Å²) >= 11 is 1.18. The van der Waals surface area contributed by atoms with Crippen molar-refractivity contribution < 1.29 is 14.6 Å². The van der Waals surface area contributed by atoms with Gasteiger partial charge in [-0.05, 0) is 36.4 Å². The van der Waals surface area contributed by atoms with Crippen LogP contribution in [0.5, 0.6) is 0 Å². The molecule has 0 bridgehead atoms. The summed E-state index contributed by atoms with van der Waals surface area (Å²) in [4.78, 5) is 33.4. The van der Waals surface area contributed by atoms with Crippen molar-refractivity contribution in [1.29, 1.82) is 0 Å². The largest absolute Gasteiger partial charge is 0.293 e. The van der Waals surface area contributed by atoms with Crippen molar-refractivity contribution in [2.75, 3.05) is 5.75 Å². The Labute approximate surface area is 191 Å². The van der Waals surface area contributed by atoms with Gasteiger partial charge in [0.2, 0.25) is 0 Å². The van der Waals surface area contributed by atoms with Crippen LogP contribution >= 0.6 is 11.8 Å². The van der Waals surface area contributed by atoms with Crippen molar-refractivity contribution in [3.8, 4) is 17.1 Å². The van der Waals surface area contributed by atoms with Crippen LogP contribution in [0.15, 0.2) is 84.0 Å². The van der Waals surface area contributed by atoms with E-state index in [9.17, 15) is 25.0 Å². The highest BCUT2D eigenvalue weighted by atomic mass is 32.2. The van der Waals surface area contributed by atoms with Gasteiger partial charge in [0.05, 0.1) is 15.6 Å². The predicted molar refractivity (Wildman–Crippen MR) is 122 cm³/mol. The fourth-order valence-electron chi connectivity index (χ4n) is 3.07. The first-order valence-electron chi connectivity index (χ1n) is 9.60. The van der Waals surface area contributed by atoms with Crippen molar-refractivity contribution in [2.24, 2.45) is 0 Å². The Kier molecular flexibility index (Phi) is 6.22. The average molecular weight is 461 g/mol. The molecule has 0 spiro atoms. The van der Waals surface area contributed by atoms with Crippen molar-refractivity contribution in [3.05, 3.63) is 105 Å². The first-order chi connectivity index (χ1) is 15.9. The van der Waals surface area contributed by atoms with Crippen LogP contribution in [0.1, 0.15) is 10.4 Å². The van der Waals surface area contributed by atoms with E-state index in [-0.39, 0.29) is 22.9 Å². The first-order valence-corrected chi connectivity index (χ1v) is 10.6. The average Bonchev–Trinajstić information content (AvgIpc) is 3.27. The van der Waals surface area contributed by atoms with Crippen LogP contribution in [-0.2, 0) is 0 Å². The monoisotopic (exact) mass is 461 g/mol. The molecule has 0 aliphatic rings. The van der Waals surface area contributed by atoms with Crippen molar-refractivity contribution in [3.63, 3.8) is 0 Å². The number of carbonyl (C=O) groups excluding carboxylic acids is 1. The smallest absolute Gasteiger partial charge is 0.269 e. The van der Waals surface area contributed by atoms with Gasteiger partial charge in [-0.2, -0.15) is 0 Å². The third-order valence-electron chi connectivity index (χ3n) is 4.72. The molecule has 3 aromatic carbocycles. The Morgan fingerprint density at radius 2 is 1.39 bits per heavy atom. The number of hydrogen-bond donors (Lipinski definition) is 0. The minimum Gasteiger partial charge on any atom is -0.293 e. The highest BCUT2D eigenvalue weighted by Gasteiger charge is 2.19. The van der Waals surface area contributed by atoms with Gasteiger partial charge in [0.1, 0.15) is 0 Å². The molecule has 0 aliphatic carbocycles. The minimum atomic E-state index is -0.523. The van der Waals surface area contributed by atoms with Gasteiger partial charge in [-0.25, -0.2) is 0 Å². The fraction of sp³-hybridized carbons (Fsp3) is 0.0455. The molecule has 164 valence electrons. The Hall–Kier alpha value is -4.38. The molecular formula is C22H15N5O5S. The SMILES string of the molecule is O=C(CSc1nnc(-c2ccc([N+](=O)[O-])cc2)n1-c1ccccc1)c1ccc([N+](=O)[O-])cc1. The quantitative estimate of drug-likeness (QED) is 0.159. The molecule has 1 heterocycles. The fourth-order valence-corrected chi connectivity index (χ4v) is 3.92. The summed E-state index contributed by atoms with van der Waals surface area (Å²) in [6.45, 7) is 0. The van der Waals surface area contributed by atoms with E-state index in [1.54, 1.807) is 16.7 Å². The molecule has 0 radical (unpaired) electrons. The highest BCUT2D eigenvalue weighted by Crippen LogP contribution is 2.29. The summed E-state index contributed by atoms with van der Waals surface area (Å²) in [5.41, 5.74) is 1.63. The van der Waals surface area contributed by atoms with E-state index in [1.807, 2.05) is 30.3 Å². The molecule has 0 N–H and O–H groups in total. The predicted octanol–water partition coefficient (Wildman–Crippen LogP) is 4.73. The standard InChI is InChI=1S/C22H15N5O5S/c28-20(15-6-10-18(11-7-15)26(29)30)14-33-22-24-23-21(25(22)17-4-2-1-3-5-17)16-8-12-19(13-9-16)27(31)32/h1-13H,14H2. The van der Waals surface area contributed by atoms with Gasteiger partial charge < -0.3 is 0 Å². The normalized spacial score (nSPS) is 10.7. The molecule has 0 saturated carbocycles. The summed E-state index contributed by atoms with van der Waals surface area (Å²) in [7, 11) is 0. The summed E-state index contributed by atoms with van der Waals surface area (Å²) in [5, 5.41) is 30.7. The number of rotatable bonds is 8.